The summed E-state index contributed by atoms with van der Waals surface area (Å²) in [6, 6.07) is 12.5. The van der Waals surface area contributed by atoms with Crippen molar-refractivity contribution in [2.45, 2.75) is 18.9 Å². The molecule has 1 aliphatic heterocycles. The highest BCUT2D eigenvalue weighted by molar-refractivity contribution is 6.05. The summed E-state index contributed by atoms with van der Waals surface area (Å²) in [6.07, 6.45) is 5.18. The van der Waals surface area contributed by atoms with E-state index >= 15 is 0 Å². The highest BCUT2D eigenvalue weighted by Gasteiger charge is 2.28. The molecule has 3 amide bonds. The number of benzene rings is 1. The highest BCUT2D eigenvalue weighted by atomic mass is 16.3. The molecule has 1 aromatic heterocycles. The second-order valence-electron chi connectivity index (χ2n) is 7.80. The Hall–Kier alpha value is -3.39. The lowest BCUT2D eigenvalue weighted by Crippen LogP contribution is -2.52. The molecule has 2 aliphatic rings. The average molecular weight is 422 g/mol. The summed E-state index contributed by atoms with van der Waals surface area (Å²) in [6.45, 7) is 2.51. The Labute approximate surface area is 180 Å². The van der Waals surface area contributed by atoms with Crippen molar-refractivity contribution < 1.29 is 18.8 Å². The number of hydrogen-bond donors (Lipinski definition) is 2. The molecule has 2 fully saturated rings. The first-order valence-corrected chi connectivity index (χ1v) is 10.5. The lowest BCUT2D eigenvalue weighted by atomic mass is 10.2. The summed E-state index contributed by atoms with van der Waals surface area (Å²) < 4.78 is 5.34. The van der Waals surface area contributed by atoms with E-state index in [1.807, 2.05) is 11.0 Å². The lowest BCUT2D eigenvalue weighted by molar-refractivity contribution is -0.129. The minimum Gasteiger partial charge on any atom is -0.465 e. The van der Waals surface area contributed by atoms with Gasteiger partial charge in [0.15, 0.2) is 0 Å². The summed E-state index contributed by atoms with van der Waals surface area (Å²) in [5, 5.41) is 5.72. The van der Waals surface area contributed by atoms with Crippen LogP contribution in [0.15, 0.2) is 58.8 Å². The molecule has 0 spiro atoms. The number of hydrogen-bond acceptors (Lipinski definition) is 5. The fourth-order valence-corrected chi connectivity index (χ4v) is 3.43. The third kappa shape index (κ3) is 5.82. The molecule has 1 saturated heterocycles. The molecule has 8 heteroatoms. The Morgan fingerprint density at radius 3 is 2.39 bits per heavy atom. The van der Waals surface area contributed by atoms with Gasteiger partial charge in [-0.1, -0.05) is 18.2 Å². The van der Waals surface area contributed by atoms with Crippen molar-refractivity contribution in [2.75, 3.05) is 32.7 Å². The second-order valence-corrected chi connectivity index (χ2v) is 7.80. The van der Waals surface area contributed by atoms with Gasteiger partial charge in [-0.2, -0.15) is 0 Å². The molecule has 1 aromatic carbocycles. The van der Waals surface area contributed by atoms with Crippen molar-refractivity contribution in [3.05, 3.63) is 65.7 Å². The molecule has 1 aliphatic carbocycles. The van der Waals surface area contributed by atoms with Crippen LogP contribution in [0.2, 0.25) is 0 Å². The van der Waals surface area contributed by atoms with Crippen LogP contribution in [0.25, 0.3) is 6.08 Å². The van der Waals surface area contributed by atoms with E-state index < -0.39 is 0 Å². The van der Waals surface area contributed by atoms with Crippen molar-refractivity contribution in [2.24, 2.45) is 0 Å². The number of piperazine rings is 1. The topological polar surface area (TPSA) is 94.9 Å². The van der Waals surface area contributed by atoms with Crippen LogP contribution in [0.5, 0.6) is 0 Å². The molecule has 0 bridgehead atoms. The van der Waals surface area contributed by atoms with E-state index in [1.54, 1.807) is 47.4 Å². The number of nitrogens with one attached hydrogen (secondary N) is 2. The zero-order valence-corrected chi connectivity index (χ0v) is 17.3. The highest BCUT2D eigenvalue weighted by Crippen LogP contribution is 2.18. The van der Waals surface area contributed by atoms with Gasteiger partial charge in [-0.05, 0) is 37.1 Å². The van der Waals surface area contributed by atoms with Crippen molar-refractivity contribution in [3.8, 4) is 0 Å². The Bertz CT molecular complexity index is 943. The molecule has 4 rings (SSSR count). The van der Waals surface area contributed by atoms with Crippen LogP contribution in [-0.4, -0.2) is 66.3 Å². The molecule has 2 N–H and O–H groups in total. The van der Waals surface area contributed by atoms with Crippen LogP contribution in [0.1, 0.15) is 29.0 Å². The molecule has 2 heterocycles. The van der Waals surface area contributed by atoms with Crippen LogP contribution < -0.4 is 10.6 Å². The lowest BCUT2D eigenvalue weighted by Gasteiger charge is -2.34. The third-order valence-electron chi connectivity index (χ3n) is 5.31. The van der Waals surface area contributed by atoms with Crippen LogP contribution in [-0.2, 0) is 9.59 Å². The van der Waals surface area contributed by atoms with Gasteiger partial charge in [0, 0.05) is 43.9 Å². The maximum absolute atomic E-state index is 13.2. The van der Waals surface area contributed by atoms with Gasteiger partial charge in [-0.15, -0.1) is 0 Å². The number of nitrogens with zero attached hydrogens (tertiary/aromatic N) is 2. The maximum atomic E-state index is 13.2. The SMILES string of the molecule is O=C(CN1CCN(C(=O)C(=Cc2ccco2)NC(=O)c2ccccc2)CC1)NC1CC1. The Morgan fingerprint density at radius 2 is 1.74 bits per heavy atom. The number of amides is 3. The van der Waals surface area contributed by atoms with E-state index in [0.717, 1.165) is 12.8 Å². The van der Waals surface area contributed by atoms with Crippen molar-refractivity contribution in [3.63, 3.8) is 0 Å². The molecule has 0 atom stereocenters. The van der Waals surface area contributed by atoms with Gasteiger partial charge in [0.1, 0.15) is 11.5 Å². The van der Waals surface area contributed by atoms with E-state index in [2.05, 4.69) is 10.6 Å². The maximum Gasteiger partial charge on any atom is 0.270 e. The minimum atomic E-state index is -0.359. The van der Waals surface area contributed by atoms with Gasteiger partial charge in [-0.3, -0.25) is 19.3 Å². The first-order chi connectivity index (χ1) is 15.1. The third-order valence-corrected chi connectivity index (χ3v) is 5.31. The predicted octanol–water partition coefficient (Wildman–Crippen LogP) is 1.47. The van der Waals surface area contributed by atoms with Crippen LogP contribution in [0, 0.1) is 0 Å². The van der Waals surface area contributed by atoms with E-state index in [4.69, 9.17) is 4.42 Å². The van der Waals surface area contributed by atoms with Gasteiger partial charge in [0.25, 0.3) is 11.8 Å². The first-order valence-electron chi connectivity index (χ1n) is 10.5. The average Bonchev–Trinajstić information content (AvgIpc) is 3.44. The molecular formula is C23H26N4O4. The Balaban J connectivity index is 1.39. The standard InChI is InChI=1S/C23H26N4O4/c28-21(24-18-8-9-18)16-26-10-12-27(13-11-26)23(30)20(15-19-7-4-14-31-19)25-22(29)17-5-2-1-3-6-17/h1-7,14-15,18H,8-13,16H2,(H,24,28)(H,25,29). The normalized spacial score (nSPS) is 17.3. The molecule has 0 radical (unpaired) electrons. The van der Waals surface area contributed by atoms with Crippen molar-refractivity contribution in [1.82, 2.24) is 20.4 Å². The molecule has 31 heavy (non-hydrogen) atoms. The van der Waals surface area contributed by atoms with Crippen molar-refractivity contribution in [1.29, 1.82) is 0 Å². The van der Waals surface area contributed by atoms with E-state index in [-0.39, 0.29) is 23.4 Å². The zero-order valence-electron chi connectivity index (χ0n) is 17.3. The van der Waals surface area contributed by atoms with Gasteiger partial charge in [0.2, 0.25) is 5.91 Å². The number of carbonyl (C=O) groups is 3. The molecule has 8 nitrogen and oxygen atoms in total. The molecule has 2 aromatic rings. The summed E-state index contributed by atoms with van der Waals surface area (Å²) >= 11 is 0. The van der Waals surface area contributed by atoms with Crippen LogP contribution in [0.4, 0.5) is 0 Å². The zero-order chi connectivity index (χ0) is 21.6. The predicted molar refractivity (Wildman–Crippen MR) is 115 cm³/mol. The van der Waals surface area contributed by atoms with E-state index in [0.29, 0.717) is 50.1 Å². The van der Waals surface area contributed by atoms with Crippen molar-refractivity contribution >= 4 is 23.8 Å². The molecule has 162 valence electrons. The number of furan rings is 1. The van der Waals surface area contributed by atoms with E-state index in [1.165, 1.54) is 6.26 Å². The number of rotatable bonds is 7. The first kappa shape index (κ1) is 20.9. The summed E-state index contributed by atoms with van der Waals surface area (Å²) in [7, 11) is 0. The van der Waals surface area contributed by atoms with Gasteiger partial charge in [0.05, 0.1) is 12.8 Å². The van der Waals surface area contributed by atoms with Gasteiger partial charge < -0.3 is 20.0 Å². The summed E-state index contributed by atoms with van der Waals surface area (Å²) in [5.74, 6) is -0.118. The Kier molecular flexibility index (Phi) is 6.47. The number of carbonyl (C=O) groups excluding carboxylic acids is 3. The fourth-order valence-electron chi connectivity index (χ4n) is 3.43. The summed E-state index contributed by atoms with van der Waals surface area (Å²) in [4.78, 5) is 41.6. The monoisotopic (exact) mass is 422 g/mol. The molecule has 1 saturated carbocycles. The van der Waals surface area contributed by atoms with Gasteiger partial charge >= 0.3 is 0 Å². The summed E-state index contributed by atoms with van der Waals surface area (Å²) in [5.41, 5.74) is 0.621. The van der Waals surface area contributed by atoms with Gasteiger partial charge in [-0.25, -0.2) is 0 Å². The quantitative estimate of drug-likeness (QED) is 0.659. The van der Waals surface area contributed by atoms with Crippen LogP contribution in [0.3, 0.4) is 0 Å². The Morgan fingerprint density at radius 1 is 1.00 bits per heavy atom. The van der Waals surface area contributed by atoms with E-state index in [9.17, 15) is 14.4 Å². The minimum absolute atomic E-state index is 0.0378. The smallest absolute Gasteiger partial charge is 0.270 e. The fraction of sp³-hybridized carbons (Fsp3) is 0.348. The second kappa shape index (κ2) is 9.61. The molecular weight excluding hydrogens is 396 g/mol. The molecule has 0 unspecified atom stereocenters. The largest absolute Gasteiger partial charge is 0.465 e. The van der Waals surface area contributed by atoms with Crippen LogP contribution >= 0.6 is 0 Å².